The van der Waals surface area contributed by atoms with Crippen LogP contribution >= 0.6 is 12.4 Å². The van der Waals surface area contributed by atoms with E-state index in [1.165, 1.54) is 38.6 Å². The van der Waals surface area contributed by atoms with E-state index in [0.717, 1.165) is 32.0 Å². The lowest BCUT2D eigenvalue weighted by Crippen LogP contribution is -2.42. The van der Waals surface area contributed by atoms with E-state index >= 15 is 0 Å². The van der Waals surface area contributed by atoms with E-state index in [4.69, 9.17) is 0 Å². The molecule has 2 amide bonds. The molecule has 2 saturated heterocycles. The van der Waals surface area contributed by atoms with Crippen molar-refractivity contribution in [2.24, 2.45) is 11.8 Å². The maximum Gasteiger partial charge on any atom is 0.222 e. The maximum atomic E-state index is 12.3. The van der Waals surface area contributed by atoms with Crippen molar-refractivity contribution >= 4 is 24.2 Å². The quantitative estimate of drug-likeness (QED) is 0.713. The molecular formula is C19H34ClN3O2. The molecule has 6 heteroatoms. The van der Waals surface area contributed by atoms with Crippen LogP contribution < -0.4 is 5.32 Å². The summed E-state index contributed by atoms with van der Waals surface area (Å²) in [6, 6.07) is 0.298. The molecule has 144 valence electrons. The van der Waals surface area contributed by atoms with Crippen molar-refractivity contribution < 1.29 is 9.59 Å². The number of hydrogen-bond donors (Lipinski definition) is 1. The van der Waals surface area contributed by atoms with Crippen molar-refractivity contribution in [1.82, 2.24) is 15.1 Å². The molecule has 3 fully saturated rings. The van der Waals surface area contributed by atoms with E-state index in [1.54, 1.807) is 0 Å². The van der Waals surface area contributed by atoms with Crippen LogP contribution in [-0.2, 0) is 9.59 Å². The van der Waals surface area contributed by atoms with Crippen LogP contribution in [0.4, 0.5) is 0 Å². The van der Waals surface area contributed by atoms with Crippen LogP contribution in [-0.4, -0.2) is 60.4 Å². The first kappa shape index (κ1) is 20.5. The number of hydrogen-bond acceptors (Lipinski definition) is 3. The average molecular weight is 372 g/mol. The topological polar surface area (TPSA) is 52.7 Å². The fourth-order valence-electron chi connectivity index (χ4n) is 4.43. The smallest absolute Gasteiger partial charge is 0.222 e. The zero-order valence-corrected chi connectivity index (χ0v) is 16.4. The molecule has 25 heavy (non-hydrogen) atoms. The van der Waals surface area contributed by atoms with Gasteiger partial charge >= 0.3 is 0 Å². The molecule has 0 aromatic carbocycles. The van der Waals surface area contributed by atoms with Crippen molar-refractivity contribution in [3.05, 3.63) is 0 Å². The normalized spacial score (nSPS) is 27.2. The summed E-state index contributed by atoms with van der Waals surface area (Å²) in [4.78, 5) is 28.4. The highest BCUT2D eigenvalue weighted by Crippen LogP contribution is 2.30. The molecule has 1 saturated carbocycles. The number of carbonyl (C=O) groups excluding carboxylic acids is 2. The van der Waals surface area contributed by atoms with Gasteiger partial charge in [-0.05, 0) is 37.5 Å². The second kappa shape index (κ2) is 9.77. The van der Waals surface area contributed by atoms with Gasteiger partial charge in [0, 0.05) is 51.6 Å². The molecule has 0 bridgehead atoms. The van der Waals surface area contributed by atoms with Gasteiger partial charge in [0.2, 0.25) is 11.8 Å². The number of amides is 2. The molecule has 1 aliphatic carbocycles. The molecule has 3 rings (SSSR count). The number of nitrogens with one attached hydrogen (secondary N) is 1. The van der Waals surface area contributed by atoms with Crippen molar-refractivity contribution in [3.8, 4) is 0 Å². The highest BCUT2D eigenvalue weighted by atomic mass is 35.5. The number of likely N-dealkylation sites (tertiary alicyclic amines) is 2. The van der Waals surface area contributed by atoms with Crippen molar-refractivity contribution in [2.45, 2.75) is 64.3 Å². The van der Waals surface area contributed by atoms with Gasteiger partial charge < -0.3 is 15.1 Å². The average Bonchev–Trinajstić information content (AvgIpc) is 3.08. The van der Waals surface area contributed by atoms with Crippen LogP contribution in [0.25, 0.3) is 0 Å². The monoisotopic (exact) mass is 371 g/mol. The molecule has 5 nitrogen and oxygen atoms in total. The molecule has 2 aliphatic heterocycles. The largest absolute Gasteiger partial charge is 0.352 e. The van der Waals surface area contributed by atoms with Crippen LogP contribution in [0.1, 0.15) is 58.3 Å². The van der Waals surface area contributed by atoms with E-state index < -0.39 is 0 Å². The summed E-state index contributed by atoms with van der Waals surface area (Å²) in [7, 11) is 0. The zero-order valence-electron chi connectivity index (χ0n) is 15.5. The van der Waals surface area contributed by atoms with E-state index in [-0.39, 0.29) is 24.2 Å². The molecule has 0 unspecified atom stereocenters. The number of nitrogens with zero attached hydrogens (tertiary/aromatic N) is 2. The first-order chi connectivity index (χ1) is 11.7. The SMILES string of the molecule is CCC[C@H]1CN(CC2CCC2)C[C@@H]1NC(=O)CCN1CCCC1=O.Cl. The van der Waals surface area contributed by atoms with Crippen LogP contribution in [0.2, 0.25) is 0 Å². The van der Waals surface area contributed by atoms with Gasteiger partial charge in [0.15, 0.2) is 0 Å². The Balaban J connectivity index is 0.00000225. The van der Waals surface area contributed by atoms with E-state index in [1.807, 2.05) is 4.90 Å². The van der Waals surface area contributed by atoms with Crippen molar-refractivity contribution in [1.29, 1.82) is 0 Å². The Bertz CT molecular complexity index is 456. The molecule has 2 atom stereocenters. The Kier molecular flexibility index (Phi) is 8.01. The highest BCUT2D eigenvalue weighted by Gasteiger charge is 2.34. The van der Waals surface area contributed by atoms with Crippen LogP contribution in [0.15, 0.2) is 0 Å². The number of carbonyl (C=O) groups is 2. The standard InChI is InChI=1S/C19H33N3O2.ClH/c1-2-5-16-13-21(12-15-6-3-7-15)14-17(16)20-18(23)9-11-22-10-4-8-19(22)24;/h15-17H,2-14H2,1H3,(H,20,23);1H/t16-,17-;/m0./s1. The fraction of sp³-hybridized carbons (Fsp3) is 0.895. The minimum absolute atomic E-state index is 0. The summed E-state index contributed by atoms with van der Waals surface area (Å²) in [5.74, 6) is 1.81. The molecular weight excluding hydrogens is 338 g/mol. The molecule has 2 heterocycles. The fourth-order valence-corrected chi connectivity index (χ4v) is 4.43. The zero-order chi connectivity index (χ0) is 16.9. The molecule has 1 N–H and O–H groups in total. The summed E-state index contributed by atoms with van der Waals surface area (Å²) in [6.45, 7) is 7.00. The minimum Gasteiger partial charge on any atom is -0.352 e. The third-order valence-electron chi connectivity index (χ3n) is 6.04. The van der Waals surface area contributed by atoms with Crippen LogP contribution in [0, 0.1) is 11.8 Å². The first-order valence-corrected chi connectivity index (χ1v) is 9.95. The first-order valence-electron chi connectivity index (χ1n) is 9.95. The van der Waals surface area contributed by atoms with Crippen LogP contribution in [0.3, 0.4) is 0 Å². The van der Waals surface area contributed by atoms with Crippen LogP contribution in [0.5, 0.6) is 0 Å². The Morgan fingerprint density at radius 3 is 2.64 bits per heavy atom. The second-order valence-electron chi connectivity index (χ2n) is 7.97. The molecule has 0 aromatic heterocycles. The highest BCUT2D eigenvalue weighted by molar-refractivity contribution is 5.85. The Morgan fingerprint density at radius 2 is 2.04 bits per heavy atom. The Morgan fingerprint density at radius 1 is 1.24 bits per heavy atom. The van der Waals surface area contributed by atoms with Gasteiger partial charge in [-0.15, -0.1) is 12.4 Å². The van der Waals surface area contributed by atoms with Gasteiger partial charge in [-0.3, -0.25) is 9.59 Å². The molecule has 3 aliphatic rings. The van der Waals surface area contributed by atoms with E-state index in [9.17, 15) is 9.59 Å². The predicted octanol–water partition coefficient (Wildman–Crippen LogP) is 2.44. The summed E-state index contributed by atoms with van der Waals surface area (Å²) in [6.07, 6.45) is 8.58. The van der Waals surface area contributed by atoms with E-state index in [2.05, 4.69) is 17.1 Å². The Hall–Kier alpha value is -0.810. The molecule has 0 spiro atoms. The van der Waals surface area contributed by atoms with Gasteiger partial charge in [-0.25, -0.2) is 0 Å². The maximum absolute atomic E-state index is 12.3. The summed E-state index contributed by atoms with van der Waals surface area (Å²) < 4.78 is 0. The predicted molar refractivity (Wildman–Crippen MR) is 102 cm³/mol. The van der Waals surface area contributed by atoms with Gasteiger partial charge in [-0.2, -0.15) is 0 Å². The summed E-state index contributed by atoms with van der Waals surface area (Å²) in [5, 5.41) is 3.27. The third-order valence-corrected chi connectivity index (χ3v) is 6.04. The van der Waals surface area contributed by atoms with Crippen molar-refractivity contribution in [2.75, 3.05) is 32.7 Å². The second-order valence-corrected chi connectivity index (χ2v) is 7.97. The lowest BCUT2D eigenvalue weighted by atomic mass is 9.85. The molecule has 0 radical (unpaired) electrons. The molecule has 0 aromatic rings. The number of halogens is 1. The van der Waals surface area contributed by atoms with Crippen molar-refractivity contribution in [3.63, 3.8) is 0 Å². The minimum atomic E-state index is 0. The van der Waals surface area contributed by atoms with Gasteiger partial charge in [0.05, 0.1) is 0 Å². The summed E-state index contributed by atoms with van der Waals surface area (Å²) >= 11 is 0. The lowest BCUT2D eigenvalue weighted by molar-refractivity contribution is -0.128. The van der Waals surface area contributed by atoms with Gasteiger partial charge in [-0.1, -0.05) is 19.8 Å². The van der Waals surface area contributed by atoms with E-state index in [0.29, 0.717) is 31.3 Å². The third kappa shape index (κ3) is 5.58. The summed E-state index contributed by atoms with van der Waals surface area (Å²) in [5.41, 5.74) is 0. The van der Waals surface area contributed by atoms with Gasteiger partial charge in [0.25, 0.3) is 0 Å². The van der Waals surface area contributed by atoms with Gasteiger partial charge in [0.1, 0.15) is 0 Å². The number of rotatable bonds is 8. The Labute approximate surface area is 158 Å². The lowest BCUT2D eigenvalue weighted by Gasteiger charge is -2.30.